The van der Waals surface area contributed by atoms with Crippen molar-refractivity contribution in [2.24, 2.45) is 0 Å². The molecular weight excluding hydrogens is 425 g/mol. The highest BCUT2D eigenvalue weighted by Gasteiger charge is 2.38. The summed E-state index contributed by atoms with van der Waals surface area (Å²) in [6.07, 6.45) is -1.30. The van der Waals surface area contributed by atoms with Crippen LogP contribution in [0.25, 0.3) is 11.0 Å². The normalized spacial score (nSPS) is 23.0. The Morgan fingerprint density at radius 2 is 2.12 bits per heavy atom. The maximum Gasteiger partial charge on any atom is 0.418 e. The topological polar surface area (TPSA) is 79.5 Å². The smallest absolute Gasteiger partial charge is 0.381 e. The number of carbonyl (C=O) groups excluding carboxylic acids is 1. The Hall–Kier alpha value is -2.43. The SMILES string of the molecule is C=CCO[C@H]1CN(C2CCOCC2)C[C@@H]1NC(=O)Cc1nc2c(C(F)(F)F)cccc2[nH]1. The van der Waals surface area contributed by atoms with E-state index in [0.29, 0.717) is 25.7 Å². The molecule has 1 aromatic heterocycles. The van der Waals surface area contributed by atoms with Crippen molar-refractivity contribution in [1.29, 1.82) is 0 Å². The molecule has 3 heterocycles. The number of nitrogens with one attached hydrogen (secondary N) is 2. The molecule has 0 bridgehead atoms. The first-order valence-electron chi connectivity index (χ1n) is 10.7. The van der Waals surface area contributed by atoms with Crippen molar-refractivity contribution in [2.75, 3.05) is 32.9 Å². The van der Waals surface area contributed by atoms with Gasteiger partial charge in [-0.05, 0) is 25.0 Å². The lowest BCUT2D eigenvalue weighted by Gasteiger charge is -2.30. The third-order valence-electron chi connectivity index (χ3n) is 5.97. The number of carbonyl (C=O) groups is 1. The molecule has 1 aromatic carbocycles. The van der Waals surface area contributed by atoms with Gasteiger partial charge in [-0.25, -0.2) is 4.98 Å². The molecule has 0 spiro atoms. The lowest BCUT2D eigenvalue weighted by molar-refractivity contribution is -0.136. The highest BCUT2D eigenvalue weighted by molar-refractivity contribution is 5.82. The number of nitrogens with zero attached hydrogens (tertiary/aromatic N) is 2. The average Bonchev–Trinajstić information content (AvgIpc) is 3.35. The number of para-hydroxylation sites is 1. The molecule has 2 aromatic rings. The van der Waals surface area contributed by atoms with Crippen LogP contribution in [-0.4, -0.2) is 71.9 Å². The molecule has 2 N–H and O–H groups in total. The van der Waals surface area contributed by atoms with Gasteiger partial charge in [0.05, 0.1) is 36.3 Å². The van der Waals surface area contributed by atoms with Crippen molar-refractivity contribution in [3.05, 3.63) is 42.2 Å². The zero-order valence-electron chi connectivity index (χ0n) is 17.7. The van der Waals surface area contributed by atoms with Crippen molar-refractivity contribution < 1.29 is 27.4 Å². The summed E-state index contributed by atoms with van der Waals surface area (Å²) >= 11 is 0. The van der Waals surface area contributed by atoms with Crippen LogP contribution in [0.1, 0.15) is 24.2 Å². The fraction of sp³-hybridized carbons (Fsp3) is 0.545. The van der Waals surface area contributed by atoms with Crippen molar-refractivity contribution in [3.63, 3.8) is 0 Å². The zero-order valence-corrected chi connectivity index (χ0v) is 17.7. The maximum atomic E-state index is 13.2. The highest BCUT2D eigenvalue weighted by atomic mass is 19.4. The van der Waals surface area contributed by atoms with Gasteiger partial charge in [-0.15, -0.1) is 6.58 Å². The predicted molar refractivity (Wildman–Crippen MR) is 112 cm³/mol. The highest BCUT2D eigenvalue weighted by Crippen LogP contribution is 2.33. The molecule has 32 heavy (non-hydrogen) atoms. The Kier molecular flexibility index (Phi) is 6.82. The molecule has 2 saturated heterocycles. The largest absolute Gasteiger partial charge is 0.418 e. The van der Waals surface area contributed by atoms with Gasteiger partial charge in [0.25, 0.3) is 0 Å². The van der Waals surface area contributed by atoms with Crippen LogP contribution in [0.15, 0.2) is 30.9 Å². The lowest BCUT2D eigenvalue weighted by Crippen LogP contribution is -2.45. The predicted octanol–water partition coefficient (Wildman–Crippen LogP) is 2.67. The number of imidazole rings is 1. The number of hydrogen-bond acceptors (Lipinski definition) is 5. The standard InChI is InChI=1S/C22H27F3N4O3/c1-2-8-32-18-13-29(14-6-9-31-10-7-14)12-17(18)27-20(30)11-19-26-16-5-3-4-15(21(16)28-19)22(23,24)25/h2-5,14,17-18H,1,6-13H2,(H,26,28)(H,27,30)/t17-,18-/m0/s1. The average molecular weight is 452 g/mol. The molecule has 2 aliphatic rings. The summed E-state index contributed by atoms with van der Waals surface area (Å²) in [6.45, 7) is 6.86. The molecule has 174 valence electrons. The first kappa shape index (κ1) is 22.8. The van der Waals surface area contributed by atoms with Gasteiger partial charge in [-0.2, -0.15) is 13.2 Å². The van der Waals surface area contributed by atoms with E-state index in [1.807, 2.05) is 0 Å². The van der Waals surface area contributed by atoms with E-state index in [-0.39, 0.29) is 41.3 Å². The Morgan fingerprint density at radius 1 is 1.34 bits per heavy atom. The maximum absolute atomic E-state index is 13.2. The van der Waals surface area contributed by atoms with E-state index in [9.17, 15) is 18.0 Å². The van der Waals surface area contributed by atoms with E-state index in [1.165, 1.54) is 12.1 Å². The summed E-state index contributed by atoms with van der Waals surface area (Å²) in [4.78, 5) is 21.9. The summed E-state index contributed by atoms with van der Waals surface area (Å²) in [5.41, 5.74) is -0.748. The number of likely N-dealkylation sites (tertiary alicyclic amines) is 1. The molecule has 4 rings (SSSR count). The van der Waals surface area contributed by atoms with Gasteiger partial charge < -0.3 is 19.8 Å². The summed E-state index contributed by atoms with van der Waals surface area (Å²) in [7, 11) is 0. The molecule has 2 aliphatic heterocycles. The molecule has 0 saturated carbocycles. The van der Waals surface area contributed by atoms with E-state index in [0.717, 1.165) is 32.1 Å². The molecular formula is C22H27F3N4O3. The van der Waals surface area contributed by atoms with Crippen LogP contribution in [0.2, 0.25) is 0 Å². The van der Waals surface area contributed by atoms with Gasteiger partial charge in [0.1, 0.15) is 11.3 Å². The van der Waals surface area contributed by atoms with Gasteiger partial charge in [-0.3, -0.25) is 9.69 Å². The minimum absolute atomic E-state index is 0.145. The van der Waals surface area contributed by atoms with Gasteiger partial charge in [0.2, 0.25) is 5.91 Å². The Labute approximate surface area is 184 Å². The zero-order chi connectivity index (χ0) is 22.7. The number of aromatic nitrogens is 2. The second-order valence-corrected chi connectivity index (χ2v) is 8.19. The summed E-state index contributed by atoms with van der Waals surface area (Å²) in [5, 5.41) is 2.99. The summed E-state index contributed by atoms with van der Waals surface area (Å²) in [6, 6.07) is 3.98. The van der Waals surface area contributed by atoms with Gasteiger partial charge >= 0.3 is 6.18 Å². The minimum Gasteiger partial charge on any atom is -0.381 e. The van der Waals surface area contributed by atoms with Crippen molar-refractivity contribution >= 4 is 16.9 Å². The molecule has 0 aliphatic carbocycles. The number of aromatic amines is 1. The van der Waals surface area contributed by atoms with Gasteiger partial charge in [0.15, 0.2) is 0 Å². The Bertz CT molecular complexity index is 956. The molecule has 2 atom stereocenters. The quantitative estimate of drug-likeness (QED) is 0.632. The molecule has 2 fully saturated rings. The molecule has 1 amide bonds. The third-order valence-corrected chi connectivity index (χ3v) is 5.97. The second-order valence-electron chi connectivity index (χ2n) is 8.19. The molecule has 0 unspecified atom stereocenters. The van der Waals surface area contributed by atoms with Crippen LogP contribution < -0.4 is 5.32 Å². The third kappa shape index (κ3) is 5.13. The van der Waals surface area contributed by atoms with Crippen LogP contribution in [-0.2, 0) is 26.9 Å². The number of alkyl halides is 3. The number of amides is 1. The first-order valence-corrected chi connectivity index (χ1v) is 10.7. The number of hydrogen-bond donors (Lipinski definition) is 2. The van der Waals surface area contributed by atoms with Crippen LogP contribution >= 0.6 is 0 Å². The molecule has 7 nitrogen and oxygen atoms in total. The fourth-order valence-corrected chi connectivity index (χ4v) is 4.46. The minimum atomic E-state index is -4.51. The van der Waals surface area contributed by atoms with E-state index < -0.39 is 11.7 Å². The first-order chi connectivity index (χ1) is 15.3. The Balaban J connectivity index is 1.43. The van der Waals surface area contributed by atoms with E-state index in [2.05, 4.69) is 26.8 Å². The Morgan fingerprint density at radius 3 is 2.84 bits per heavy atom. The van der Waals surface area contributed by atoms with Crippen LogP contribution in [0.4, 0.5) is 13.2 Å². The van der Waals surface area contributed by atoms with E-state index >= 15 is 0 Å². The van der Waals surface area contributed by atoms with Crippen molar-refractivity contribution in [1.82, 2.24) is 20.2 Å². The monoisotopic (exact) mass is 452 g/mol. The fourth-order valence-electron chi connectivity index (χ4n) is 4.46. The van der Waals surface area contributed by atoms with Gasteiger partial charge in [-0.1, -0.05) is 12.1 Å². The van der Waals surface area contributed by atoms with E-state index in [4.69, 9.17) is 9.47 Å². The second kappa shape index (κ2) is 9.60. The van der Waals surface area contributed by atoms with E-state index in [1.54, 1.807) is 6.08 Å². The van der Waals surface area contributed by atoms with Crippen LogP contribution in [0, 0.1) is 0 Å². The van der Waals surface area contributed by atoms with Crippen LogP contribution in [0.5, 0.6) is 0 Å². The summed E-state index contributed by atoms with van der Waals surface area (Å²) < 4.78 is 51.0. The lowest BCUT2D eigenvalue weighted by atomic mass is 10.1. The number of H-pyrrole nitrogens is 1. The number of benzene rings is 1. The molecule has 0 radical (unpaired) electrons. The van der Waals surface area contributed by atoms with Crippen LogP contribution in [0.3, 0.4) is 0 Å². The number of rotatable bonds is 7. The van der Waals surface area contributed by atoms with Crippen molar-refractivity contribution in [2.45, 2.75) is 43.6 Å². The molecule has 10 heteroatoms. The summed E-state index contributed by atoms with van der Waals surface area (Å²) in [5.74, 6) is -0.124. The number of halogens is 3. The number of ether oxygens (including phenoxy) is 2. The van der Waals surface area contributed by atoms with Gasteiger partial charge in [0, 0.05) is 32.3 Å². The van der Waals surface area contributed by atoms with Crippen molar-refractivity contribution in [3.8, 4) is 0 Å². The number of fused-ring (bicyclic) bond motifs is 1.